The van der Waals surface area contributed by atoms with Crippen molar-refractivity contribution in [1.82, 2.24) is 24.3 Å². The number of anilines is 1. The van der Waals surface area contributed by atoms with E-state index in [9.17, 15) is 9.59 Å². The molecular formula is C23H20N6O4. The summed E-state index contributed by atoms with van der Waals surface area (Å²) in [5, 5.41) is 6.81. The largest absolute Gasteiger partial charge is 0.456 e. The summed E-state index contributed by atoms with van der Waals surface area (Å²) >= 11 is 0. The van der Waals surface area contributed by atoms with E-state index < -0.39 is 5.91 Å². The van der Waals surface area contributed by atoms with Crippen LogP contribution in [0.4, 0.5) is 5.82 Å². The van der Waals surface area contributed by atoms with Gasteiger partial charge in [-0.1, -0.05) is 0 Å². The summed E-state index contributed by atoms with van der Waals surface area (Å²) in [5.74, 6) is 0.863. The number of hydrogen-bond acceptors (Lipinski definition) is 7. The number of aromatic nitrogens is 5. The molecule has 1 saturated heterocycles. The Balaban J connectivity index is 1.27. The number of amides is 1. The fourth-order valence-corrected chi connectivity index (χ4v) is 3.37. The fraction of sp³-hybridized carbons (Fsp3) is 0.174. The Kier molecular flexibility index (Phi) is 5.41. The molecule has 1 N–H and O–H groups in total. The number of nitrogens with one attached hydrogen (secondary N) is 1. The molecule has 0 radical (unpaired) electrons. The Morgan fingerprint density at radius 3 is 2.73 bits per heavy atom. The molecule has 0 aromatic carbocycles. The van der Waals surface area contributed by atoms with Gasteiger partial charge in [0.25, 0.3) is 11.5 Å². The predicted octanol–water partition coefficient (Wildman–Crippen LogP) is 2.65. The van der Waals surface area contributed by atoms with Gasteiger partial charge in [0.05, 0.1) is 37.3 Å². The molecule has 1 amide bonds. The van der Waals surface area contributed by atoms with Crippen molar-refractivity contribution in [1.29, 1.82) is 0 Å². The number of carbonyl (C=O) groups is 1. The maximum absolute atomic E-state index is 12.6. The summed E-state index contributed by atoms with van der Waals surface area (Å²) in [6, 6.07) is 9.97. The Morgan fingerprint density at radius 1 is 1.15 bits per heavy atom. The van der Waals surface area contributed by atoms with Crippen LogP contribution in [0.15, 0.2) is 72.2 Å². The SMILES string of the molecule is Cn1cc(-c2cc(Oc3ccc(NC(=O)c4cccn(C5COC5)c4=O)nc3)ccn2)cn1. The minimum absolute atomic E-state index is 0.0355. The van der Waals surface area contributed by atoms with Crippen LogP contribution in [-0.4, -0.2) is 43.4 Å². The van der Waals surface area contributed by atoms with Gasteiger partial charge in [-0.3, -0.25) is 19.3 Å². The summed E-state index contributed by atoms with van der Waals surface area (Å²) in [6.07, 6.45) is 8.41. The van der Waals surface area contributed by atoms with Crippen molar-refractivity contribution >= 4 is 11.7 Å². The van der Waals surface area contributed by atoms with Gasteiger partial charge in [-0.25, -0.2) is 4.98 Å². The number of pyridine rings is 3. The van der Waals surface area contributed by atoms with E-state index in [1.54, 1.807) is 53.6 Å². The Morgan fingerprint density at radius 2 is 2.03 bits per heavy atom. The van der Waals surface area contributed by atoms with E-state index in [0.717, 1.165) is 11.3 Å². The summed E-state index contributed by atoms with van der Waals surface area (Å²) in [4.78, 5) is 33.8. The van der Waals surface area contributed by atoms with Gasteiger partial charge in [-0.15, -0.1) is 0 Å². The van der Waals surface area contributed by atoms with Crippen molar-refractivity contribution in [2.45, 2.75) is 6.04 Å². The van der Waals surface area contributed by atoms with Crippen LogP contribution in [0.3, 0.4) is 0 Å². The van der Waals surface area contributed by atoms with Gasteiger partial charge < -0.3 is 19.4 Å². The van der Waals surface area contributed by atoms with Crippen molar-refractivity contribution in [3.63, 3.8) is 0 Å². The van der Waals surface area contributed by atoms with Gasteiger partial charge in [-0.05, 0) is 30.3 Å². The number of rotatable bonds is 6. The number of nitrogens with zero attached hydrogens (tertiary/aromatic N) is 5. The molecule has 0 spiro atoms. The second kappa shape index (κ2) is 8.67. The average Bonchev–Trinajstić information content (AvgIpc) is 3.22. The third kappa shape index (κ3) is 4.37. The second-order valence-electron chi connectivity index (χ2n) is 7.54. The quantitative estimate of drug-likeness (QED) is 0.486. The molecule has 33 heavy (non-hydrogen) atoms. The number of aryl methyl sites for hydroxylation is 1. The molecule has 166 valence electrons. The molecule has 5 heterocycles. The van der Waals surface area contributed by atoms with Crippen LogP contribution >= 0.6 is 0 Å². The van der Waals surface area contributed by atoms with E-state index in [0.29, 0.717) is 30.5 Å². The van der Waals surface area contributed by atoms with Gasteiger partial charge >= 0.3 is 0 Å². The lowest BCUT2D eigenvalue weighted by molar-refractivity contribution is -0.0249. The van der Waals surface area contributed by atoms with Crippen LogP contribution in [-0.2, 0) is 11.8 Å². The molecule has 0 unspecified atom stereocenters. The average molecular weight is 444 g/mol. The van der Waals surface area contributed by atoms with E-state index in [2.05, 4.69) is 20.4 Å². The molecule has 10 heteroatoms. The molecule has 4 aromatic rings. The van der Waals surface area contributed by atoms with E-state index in [4.69, 9.17) is 9.47 Å². The lowest BCUT2D eigenvalue weighted by Crippen LogP contribution is -2.39. The van der Waals surface area contributed by atoms with Crippen LogP contribution < -0.4 is 15.6 Å². The zero-order valence-corrected chi connectivity index (χ0v) is 17.7. The Hall–Kier alpha value is -4.31. The molecule has 1 fully saturated rings. The second-order valence-corrected chi connectivity index (χ2v) is 7.54. The van der Waals surface area contributed by atoms with Crippen LogP contribution in [0.25, 0.3) is 11.3 Å². The zero-order chi connectivity index (χ0) is 22.8. The van der Waals surface area contributed by atoms with Gasteiger partial charge in [0.2, 0.25) is 0 Å². The van der Waals surface area contributed by atoms with Crippen LogP contribution in [0, 0.1) is 0 Å². The number of hydrogen-bond donors (Lipinski definition) is 1. The molecule has 1 aliphatic rings. The highest BCUT2D eigenvalue weighted by molar-refractivity contribution is 6.03. The fourth-order valence-electron chi connectivity index (χ4n) is 3.37. The number of ether oxygens (including phenoxy) is 2. The van der Waals surface area contributed by atoms with Crippen molar-refractivity contribution in [2.24, 2.45) is 7.05 Å². The summed E-state index contributed by atoms with van der Waals surface area (Å²) in [5.41, 5.74) is 1.31. The molecule has 1 aliphatic heterocycles. The molecule has 0 saturated carbocycles. The van der Waals surface area contributed by atoms with Crippen molar-refractivity contribution < 1.29 is 14.3 Å². The standard InChI is InChI=1S/C23H20N6O4/c1-28-12-15(10-26-28)20-9-17(6-7-24-20)33-18-4-5-21(25-11-18)27-22(30)19-3-2-8-29(23(19)31)16-13-32-14-16/h2-12,16H,13-14H2,1H3,(H,25,27,30). The highest BCUT2D eigenvalue weighted by Crippen LogP contribution is 2.25. The van der Waals surface area contributed by atoms with Crippen LogP contribution in [0.2, 0.25) is 0 Å². The monoisotopic (exact) mass is 444 g/mol. The third-order valence-electron chi connectivity index (χ3n) is 5.18. The molecule has 5 rings (SSSR count). The van der Waals surface area contributed by atoms with Gasteiger partial charge in [-0.2, -0.15) is 5.10 Å². The maximum Gasteiger partial charge on any atom is 0.263 e. The van der Waals surface area contributed by atoms with Gasteiger partial charge in [0, 0.05) is 37.3 Å². The van der Waals surface area contributed by atoms with Crippen molar-refractivity contribution in [2.75, 3.05) is 18.5 Å². The molecule has 0 atom stereocenters. The van der Waals surface area contributed by atoms with E-state index in [-0.39, 0.29) is 17.2 Å². The summed E-state index contributed by atoms with van der Waals surface area (Å²) in [7, 11) is 1.84. The first-order valence-electron chi connectivity index (χ1n) is 10.3. The summed E-state index contributed by atoms with van der Waals surface area (Å²) in [6.45, 7) is 0.935. The maximum atomic E-state index is 12.6. The molecule has 10 nitrogen and oxygen atoms in total. The third-order valence-corrected chi connectivity index (χ3v) is 5.18. The molecule has 0 bridgehead atoms. The smallest absolute Gasteiger partial charge is 0.263 e. The lowest BCUT2D eigenvalue weighted by Gasteiger charge is -2.28. The van der Waals surface area contributed by atoms with E-state index in [1.807, 2.05) is 13.2 Å². The van der Waals surface area contributed by atoms with Crippen molar-refractivity contribution in [3.05, 3.63) is 83.3 Å². The predicted molar refractivity (Wildman–Crippen MR) is 119 cm³/mol. The van der Waals surface area contributed by atoms with Gasteiger partial charge in [0.15, 0.2) is 0 Å². The summed E-state index contributed by atoms with van der Waals surface area (Å²) < 4.78 is 14.2. The Bertz CT molecular complexity index is 1360. The first-order chi connectivity index (χ1) is 16.1. The number of carbonyl (C=O) groups excluding carboxylic acids is 1. The minimum Gasteiger partial charge on any atom is -0.456 e. The van der Waals surface area contributed by atoms with Gasteiger partial charge in [0.1, 0.15) is 22.9 Å². The van der Waals surface area contributed by atoms with E-state index in [1.165, 1.54) is 16.8 Å². The van der Waals surface area contributed by atoms with Crippen LogP contribution in [0.1, 0.15) is 16.4 Å². The minimum atomic E-state index is -0.522. The Labute approximate surface area is 188 Å². The molecule has 0 aliphatic carbocycles. The van der Waals surface area contributed by atoms with Crippen molar-refractivity contribution in [3.8, 4) is 22.8 Å². The van der Waals surface area contributed by atoms with Crippen LogP contribution in [0.5, 0.6) is 11.5 Å². The van der Waals surface area contributed by atoms with E-state index >= 15 is 0 Å². The normalized spacial score (nSPS) is 13.4. The first-order valence-corrected chi connectivity index (χ1v) is 10.3. The molecule has 4 aromatic heterocycles. The first kappa shape index (κ1) is 20.6. The topological polar surface area (TPSA) is 113 Å². The molecular weight excluding hydrogens is 424 g/mol. The lowest BCUT2D eigenvalue weighted by atomic mass is 10.2. The highest BCUT2D eigenvalue weighted by Gasteiger charge is 2.23. The zero-order valence-electron chi connectivity index (χ0n) is 17.7. The highest BCUT2D eigenvalue weighted by atomic mass is 16.5.